The first-order valence-electron chi connectivity index (χ1n) is 15.7. The molecule has 2 aromatic rings. The summed E-state index contributed by atoms with van der Waals surface area (Å²) in [4.78, 5) is 0. The van der Waals surface area contributed by atoms with E-state index in [1.165, 1.54) is 81.1 Å². The van der Waals surface area contributed by atoms with Crippen LogP contribution in [-0.4, -0.2) is 6.61 Å². The van der Waals surface area contributed by atoms with Gasteiger partial charge in [-0.2, -0.15) is 8.78 Å². The third-order valence-electron chi connectivity index (χ3n) is 9.04. The summed E-state index contributed by atoms with van der Waals surface area (Å²) in [7, 11) is 0. The van der Waals surface area contributed by atoms with E-state index in [9.17, 15) is 8.78 Å². The molecule has 4 atom stereocenters. The fourth-order valence-electron chi connectivity index (χ4n) is 6.64. The minimum atomic E-state index is -0.993. The van der Waals surface area contributed by atoms with Gasteiger partial charge in [-0.15, -0.1) is 0 Å². The lowest BCUT2D eigenvalue weighted by Crippen LogP contribution is -2.30. The number of allylic oxidation sites excluding steroid dienone is 4. The number of hydrogen-bond donors (Lipinski definition) is 0. The van der Waals surface area contributed by atoms with Crippen molar-refractivity contribution in [1.29, 1.82) is 0 Å². The quantitative estimate of drug-likeness (QED) is 0.182. The Morgan fingerprint density at radius 1 is 0.850 bits per heavy atom. The minimum absolute atomic E-state index is 0.0619. The van der Waals surface area contributed by atoms with E-state index in [0.29, 0.717) is 12.5 Å². The highest BCUT2D eigenvalue weighted by molar-refractivity contribution is 5.35. The Morgan fingerprint density at radius 2 is 1.55 bits per heavy atom. The van der Waals surface area contributed by atoms with Gasteiger partial charge in [-0.3, -0.25) is 0 Å². The fourth-order valence-corrected chi connectivity index (χ4v) is 6.64. The van der Waals surface area contributed by atoms with Gasteiger partial charge in [0.25, 0.3) is 0 Å². The van der Waals surface area contributed by atoms with Gasteiger partial charge in [0.05, 0.1) is 6.61 Å². The van der Waals surface area contributed by atoms with Crippen molar-refractivity contribution in [2.45, 2.75) is 104 Å². The molecule has 0 aliphatic heterocycles. The number of benzene rings is 2. The van der Waals surface area contributed by atoms with Gasteiger partial charge in [0, 0.05) is 0 Å². The van der Waals surface area contributed by atoms with Crippen LogP contribution in [0.2, 0.25) is 0 Å². The topological polar surface area (TPSA) is 18.5 Å². The van der Waals surface area contributed by atoms with Crippen molar-refractivity contribution < 1.29 is 18.3 Å². The van der Waals surface area contributed by atoms with Crippen molar-refractivity contribution in [3.05, 3.63) is 83.0 Å². The molecule has 4 heteroatoms. The monoisotopic (exact) mass is 550 g/mol. The molecule has 0 N–H and O–H groups in total. The third kappa shape index (κ3) is 8.21. The van der Waals surface area contributed by atoms with Crippen LogP contribution in [0.1, 0.15) is 108 Å². The first-order chi connectivity index (χ1) is 19.5. The number of fused-ring (bicyclic) bond motifs is 1. The molecule has 0 aromatic heterocycles. The molecule has 0 spiro atoms. The van der Waals surface area contributed by atoms with Crippen molar-refractivity contribution >= 4 is 0 Å². The molecule has 2 fully saturated rings. The molecule has 4 rings (SSSR count). The van der Waals surface area contributed by atoms with Crippen LogP contribution >= 0.6 is 0 Å². The van der Waals surface area contributed by atoms with Crippen LogP contribution in [0.25, 0.3) is 0 Å². The second-order valence-corrected chi connectivity index (χ2v) is 11.9. The molecule has 4 unspecified atom stereocenters. The number of rotatable bonds is 13. The first kappa shape index (κ1) is 30.3. The molecule has 0 saturated heterocycles. The molecule has 2 aliphatic rings. The van der Waals surface area contributed by atoms with Gasteiger partial charge in [-0.25, -0.2) is 0 Å². The van der Waals surface area contributed by atoms with Gasteiger partial charge in [0.2, 0.25) is 11.6 Å². The number of halogens is 2. The highest BCUT2D eigenvalue weighted by Crippen LogP contribution is 2.48. The van der Waals surface area contributed by atoms with Gasteiger partial charge in [-0.1, -0.05) is 74.8 Å². The van der Waals surface area contributed by atoms with Gasteiger partial charge >= 0.3 is 0 Å². The van der Waals surface area contributed by atoms with Crippen LogP contribution in [0, 0.1) is 29.4 Å². The van der Waals surface area contributed by atoms with E-state index in [0.717, 1.165) is 36.2 Å². The second-order valence-electron chi connectivity index (χ2n) is 11.9. The lowest BCUT2D eigenvalue weighted by atomic mass is 9.63. The van der Waals surface area contributed by atoms with Crippen LogP contribution < -0.4 is 9.47 Å². The summed E-state index contributed by atoms with van der Waals surface area (Å²) in [5.74, 6) is 1.06. The average molecular weight is 551 g/mol. The van der Waals surface area contributed by atoms with Gasteiger partial charge in [0.15, 0.2) is 11.5 Å². The molecular formula is C36H48F2O2. The summed E-state index contributed by atoms with van der Waals surface area (Å²) in [6, 6.07) is 11.4. The van der Waals surface area contributed by atoms with Gasteiger partial charge < -0.3 is 9.47 Å². The Morgan fingerprint density at radius 3 is 2.25 bits per heavy atom. The molecular weight excluding hydrogens is 502 g/mol. The maximum atomic E-state index is 14.5. The fraction of sp³-hybridized carbons (Fsp3) is 0.556. The largest absolute Gasteiger partial charge is 0.490 e. The highest BCUT2D eigenvalue weighted by atomic mass is 19.2. The van der Waals surface area contributed by atoms with E-state index >= 15 is 0 Å². The number of hydrogen-bond acceptors (Lipinski definition) is 2. The zero-order valence-electron chi connectivity index (χ0n) is 24.8. The third-order valence-corrected chi connectivity index (χ3v) is 9.04. The molecule has 2 aromatic carbocycles. The van der Waals surface area contributed by atoms with E-state index in [1.54, 1.807) is 0 Å². The Balaban J connectivity index is 1.24. The van der Waals surface area contributed by atoms with Crippen molar-refractivity contribution in [1.82, 2.24) is 0 Å². The average Bonchev–Trinajstić information content (AvgIpc) is 2.98. The summed E-state index contributed by atoms with van der Waals surface area (Å²) >= 11 is 0. The van der Waals surface area contributed by atoms with Crippen molar-refractivity contribution in [2.75, 3.05) is 6.61 Å². The zero-order chi connectivity index (χ0) is 28.3. The summed E-state index contributed by atoms with van der Waals surface area (Å²) < 4.78 is 39.8. The molecule has 40 heavy (non-hydrogen) atoms. The summed E-state index contributed by atoms with van der Waals surface area (Å²) in [5, 5.41) is 0. The van der Waals surface area contributed by atoms with Gasteiger partial charge in [-0.05, 0) is 112 Å². The van der Waals surface area contributed by atoms with Crippen molar-refractivity contribution in [3.8, 4) is 11.5 Å². The Kier molecular flexibility index (Phi) is 11.7. The van der Waals surface area contributed by atoms with E-state index in [2.05, 4.69) is 56.3 Å². The predicted molar refractivity (Wildman–Crippen MR) is 161 cm³/mol. The Bertz CT molecular complexity index is 1120. The molecule has 0 bridgehead atoms. The van der Waals surface area contributed by atoms with Crippen LogP contribution in [0.3, 0.4) is 0 Å². The lowest BCUT2D eigenvalue weighted by Gasteiger charge is -2.42. The smallest absolute Gasteiger partial charge is 0.204 e. The summed E-state index contributed by atoms with van der Waals surface area (Å²) in [5.41, 5.74) is 3.82. The normalized spacial score (nSPS) is 23.3. The van der Waals surface area contributed by atoms with Gasteiger partial charge in [0.1, 0.15) is 6.61 Å². The standard InChI is InChI=1S/C36H48F2O2/c1-4-7-22-39-33-20-21-34(36(38)35(33)37)40-25-28-13-15-29(16-14-28)31-19-18-30-23-27(12-17-32(30)24-31)11-8-10-26(6-3)9-5-2/h6,8,10,13-16,20-21,27,30-32H,4-5,7,9,11-12,17-19,22-25H2,1-3H3/b10-8-,26-6-. The molecule has 2 nitrogen and oxygen atoms in total. The highest BCUT2D eigenvalue weighted by Gasteiger charge is 2.35. The Labute approximate surface area is 240 Å². The first-order valence-corrected chi connectivity index (χ1v) is 15.7. The number of unbranched alkanes of at least 4 members (excludes halogenated alkanes) is 1. The van der Waals surface area contributed by atoms with Crippen LogP contribution in [0.4, 0.5) is 8.78 Å². The predicted octanol–water partition coefficient (Wildman–Crippen LogP) is 10.7. The number of ether oxygens (including phenoxy) is 2. The van der Waals surface area contributed by atoms with Crippen molar-refractivity contribution in [3.63, 3.8) is 0 Å². The SMILES string of the molecule is C/C=C(\C=C/CC1CCC2CC(c3ccc(COc4ccc(OCCCC)c(F)c4F)cc3)CCC2C1)CCC. The molecule has 2 aliphatic carbocycles. The summed E-state index contributed by atoms with van der Waals surface area (Å²) in [6.45, 7) is 6.99. The van der Waals surface area contributed by atoms with E-state index in [1.807, 2.05) is 6.92 Å². The summed E-state index contributed by atoms with van der Waals surface area (Å²) in [6.07, 6.45) is 20.4. The minimum Gasteiger partial charge on any atom is -0.490 e. The Hall–Kier alpha value is -2.62. The van der Waals surface area contributed by atoms with E-state index in [4.69, 9.17) is 9.47 Å². The van der Waals surface area contributed by atoms with Crippen molar-refractivity contribution in [2.24, 2.45) is 17.8 Å². The van der Waals surface area contributed by atoms with Crippen LogP contribution in [0.5, 0.6) is 11.5 Å². The second kappa shape index (κ2) is 15.4. The molecule has 0 heterocycles. The molecule has 0 radical (unpaired) electrons. The van der Waals surface area contributed by atoms with E-state index < -0.39 is 11.6 Å². The molecule has 218 valence electrons. The zero-order valence-corrected chi connectivity index (χ0v) is 24.8. The maximum Gasteiger partial charge on any atom is 0.204 e. The maximum absolute atomic E-state index is 14.5. The molecule has 0 amide bonds. The van der Waals surface area contributed by atoms with E-state index in [-0.39, 0.29) is 18.1 Å². The molecule has 2 saturated carbocycles. The van der Waals surface area contributed by atoms with Crippen LogP contribution in [0.15, 0.2) is 60.2 Å². The lowest BCUT2D eigenvalue weighted by molar-refractivity contribution is 0.119. The van der Waals surface area contributed by atoms with Crippen LogP contribution in [-0.2, 0) is 6.61 Å².